The summed E-state index contributed by atoms with van der Waals surface area (Å²) in [6.45, 7) is 3.81. The van der Waals surface area contributed by atoms with Crippen LogP contribution in [0.5, 0.6) is 5.75 Å². The van der Waals surface area contributed by atoms with E-state index in [-0.39, 0.29) is 5.90 Å². The summed E-state index contributed by atoms with van der Waals surface area (Å²) in [5.41, 5.74) is 0.998. The van der Waals surface area contributed by atoms with Crippen LogP contribution in [0.4, 0.5) is 0 Å². The fourth-order valence-corrected chi connectivity index (χ4v) is 0.942. The van der Waals surface area contributed by atoms with Crippen molar-refractivity contribution in [2.75, 3.05) is 7.11 Å². The highest BCUT2D eigenvalue weighted by atomic mass is 16.5. The summed E-state index contributed by atoms with van der Waals surface area (Å²) >= 11 is 0. The molecule has 0 unspecified atom stereocenters. The van der Waals surface area contributed by atoms with Crippen molar-refractivity contribution in [2.24, 2.45) is 0 Å². The van der Waals surface area contributed by atoms with Crippen molar-refractivity contribution >= 4 is 5.90 Å². The summed E-state index contributed by atoms with van der Waals surface area (Å²) < 4.78 is 10.1. The van der Waals surface area contributed by atoms with E-state index in [4.69, 9.17) is 14.9 Å². The van der Waals surface area contributed by atoms with E-state index in [9.17, 15) is 0 Å². The van der Waals surface area contributed by atoms with E-state index in [1.54, 1.807) is 7.11 Å². The molecule has 0 aliphatic heterocycles. The highest BCUT2D eigenvalue weighted by molar-refractivity contribution is 5.83. The molecule has 0 atom stereocenters. The topological polar surface area (TPSA) is 42.3 Å². The van der Waals surface area contributed by atoms with Gasteiger partial charge in [0.2, 0.25) is 5.90 Å². The standard InChI is InChI=1S/C11H13NO2/c1-3-11(12)14-8-9-4-6-10(13-2)7-5-9/h3-7,12H,1,8H2,2H3. The number of methoxy groups -OCH3 is 1. The van der Waals surface area contributed by atoms with Crippen LogP contribution in [0.15, 0.2) is 36.9 Å². The first-order valence-electron chi connectivity index (χ1n) is 4.23. The maximum atomic E-state index is 7.20. The summed E-state index contributed by atoms with van der Waals surface area (Å²) in [4.78, 5) is 0. The van der Waals surface area contributed by atoms with Crippen LogP contribution in [-0.4, -0.2) is 13.0 Å². The normalized spacial score (nSPS) is 9.21. The molecule has 0 saturated heterocycles. The van der Waals surface area contributed by atoms with E-state index in [0.29, 0.717) is 6.61 Å². The van der Waals surface area contributed by atoms with Gasteiger partial charge in [-0.05, 0) is 23.8 Å². The lowest BCUT2D eigenvalue weighted by Crippen LogP contribution is -1.99. The number of rotatable bonds is 4. The van der Waals surface area contributed by atoms with Gasteiger partial charge in [-0.2, -0.15) is 0 Å². The molecule has 0 amide bonds. The molecule has 14 heavy (non-hydrogen) atoms. The maximum absolute atomic E-state index is 7.20. The molecule has 1 rings (SSSR count). The average molecular weight is 191 g/mol. The van der Waals surface area contributed by atoms with Crippen LogP contribution in [0.25, 0.3) is 0 Å². The molecule has 0 aromatic heterocycles. The van der Waals surface area contributed by atoms with E-state index in [1.807, 2.05) is 24.3 Å². The zero-order valence-electron chi connectivity index (χ0n) is 8.12. The van der Waals surface area contributed by atoms with Gasteiger partial charge in [-0.3, -0.25) is 5.41 Å². The third-order valence-corrected chi connectivity index (χ3v) is 1.74. The third kappa shape index (κ3) is 2.94. The largest absolute Gasteiger partial charge is 0.497 e. The van der Waals surface area contributed by atoms with Crippen molar-refractivity contribution in [3.05, 3.63) is 42.5 Å². The van der Waals surface area contributed by atoms with Crippen LogP contribution in [0, 0.1) is 5.41 Å². The number of ether oxygens (including phenoxy) is 2. The van der Waals surface area contributed by atoms with Gasteiger partial charge in [-0.1, -0.05) is 18.7 Å². The Morgan fingerprint density at radius 3 is 2.57 bits per heavy atom. The Morgan fingerprint density at radius 2 is 2.07 bits per heavy atom. The molecule has 0 saturated carbocycles. The summed E-state index contributed by atoms with van der Waals surface area (Å²) in [5.74, 6) is 0.897. The van der Waals surface area contributed by atoms with Crippen LogP contribution >= 0.6 is 0 Å². The minimum Gasteiger partial charge on any atom is -0.497 e. The fourth-order valence-electron chi connectivity index (χ4n) is 0.942. The molecule has 0 bridgehead atoms. The van der Waals surface area contributed by atoms with Crippen molar-refractivity contribution in [1.29, 1.82) is 5.41 Å². The monoisotopic (exact) mass is 191 g/mol. The summed E-state index contributed by atoms with van der Waals surface area (Å²) in [7, 11) is 1.62. The Morgan fingerprint density at radius 1 is 1.43 bits per heavy atom. The second-order valence-corrected chi connectivity index (χ2v) is 2.71. The molecule has 0 aliphatic rings. The summed E-state index contributed by atoms with van der Waals surface area (Å²) in [6, 6.07) is 7.51. The van der Waals surface area contributed by atoms with Gasteiger partial charge in [-0.25, -0.2) is 0 Å². The zero-order chi connectivity index (χ0) is 10.4. The highest BCUT2D eigenvalue weighted by Gasteiger charge is 1.95. The van der Waals surface area contributed by atoms with Crippen LogP contribution in [0.3, 0.4) is 0 Å². The molecule has 0 radical (unpaired) electrons. The van der Waals surface area contributed by atoms with Gasteiger partial charge in [0.1, 0.15) is 12.4 Å². The van der Waals surface area contributed by atoms with Gasteiger partial charge < -0.3 is 9.47 Å². The second-order valence-electron chi connectivity index (χ2n) is 2.71. The number of hydrogen-bond donors (Lipinski definition) is 1. The third-order valence-electron chi connectivity index (χ3n) is 1.74. The Balaban J connectivity index is 2.51. The molecule has 0 aliphatic carbocycles. The van der Waals surface area contributed by atoms with Crippen LogP contribution in [0.2, 0.25) is 0 Å². The minimum atomic E-state index is 0.0841. The van der Waals surface area contributed by atoms with Crippen molar-refractivity contribution in [3.63, 3.8) is 0 Å². The van der Waals surface area contributed by atoms with Crippen molar-refractivity contribution < 1.29 is 9.47 Å². The number of hydrogen-bond acceptors (Lipinski definition) is 3. The van der Waals surface area contributed by atoms with E-state index >= 15 is 0 Å². The number of benzene rings is 1. The van der Waals surface area contributed by atoms with Crippen molar-refractivity contribution in [1.82, 2.24) is 0 Å². The summed E-state index contributed by atoms with van der Waals surface area (Å²) in [6.07, 6.45) is 1.36. The lowest BCUT2D eigenvalue weighted by molar-refractivity contribution is 0.292. The predicted molar refractivity (Wildman–Crippen MR) is 55.7 cm³/mol. The van der Waals surface area contributed by atoms with Gasteiger partial charge in [0, 0.05) is 0 Å². The molecular formula is C11H13NO2. The lowest BCUT2D eigenvalue weighted by Gasteiger charge is -2.04. The average Bonchev–Trinajstić information content (AvgIpc) is 2.26. The van der Waals surface area contributed by atoms with Gasteiger partial charge >= 0.3 is 0 Å². The van der Waals surface area contributed by atoms with E-state index < -0.39 is 0 Å². The summed E-state index contributed by atoms with van der Waals surface area (Å²) in [5, 5.41) is 7.20. The first kappa shape index (κ1) is 10.3. The zero-order valence-corrected chi connectivity index (χ0v) is 8.12. The molecule has 74 valence electrons. The first-order valence-corrected chi connectivity index (χ1v) is 4.23. The molecule has 3 nitrogen and oxygen atoms in total. The van der Waals surface area contributed by atoms with Gasteiger partial charge in [0.05, 0.1) is 7.11 Å². The van der Waals surface area contributed by atoms with Crippen molar-refractivity contribution in [2.45, 2.75) is 6.61 Å². The predicted octanol–water partition coefficient (Wildman–Crippen LogP) is 2.38. The molecule has 0 fully saturated rings. The molecule has 0 heterocycles. The lowest BCUT2D eigenvalue weighted by atomic mass is 10.2. The maximum Gasteiger partial charge on any atom is 0.205 e. The molecular weight excluding hydrogens is 178 g/mol. The van der Waals surface area contributed by atoms with Crippen LogP contribution in [-0.2, 0) is 11.3 Å². The molecule has 1 aromatic carbocycles. The van der Waals surface area contributed by atoms with Gasteiger partial charge in [0.15, 0.2) is 0 Å². The molecule has 3 heteroatoms. The highest BCUT2D eigenvalue weighted by Crippen LogP contribution is 2.11. The smallest absolute Gasteiger partial charge is 0.205 e. The van der Waals surface area contributed by atoms with E-state index in [0.717, 1.165) is 11.3 Å². The quantitative estimate of drug-likeness (QED) is 0.586. The minimum absolute atomic E-state index is 0.0841. The molecule has 1 N–H and O–H groups in total. The van der Waals surface area contributed by atoms with E-state index in [2.05, 4.69) is 6.58 Å². The van der Waals surface area contributed by atoms with Crippen molar-refractivity contribution in [3.8, 4) is 5.75 Å². The van der Waals surface area contributed by atoms with Crippen LogP contribution in [0.1, 0.15) is 5.56 Å². The molecule has 1 aromatic rings. The first-order chi connectivity index (χ1) is 6.76. The SMILES string of the molecule is C=CC(=N)OCc1ccc(OC)cc1. The second kappa shape index (κ2) is 5.07. The van der Waals surface area contributed by atoms with E-state index in [1.165, 1.54) is 6.08 Å². The fraction of sp³-hybridized carbons (Fsp3) is 0.182. The van der Waals surface area contributed by atoms with Crippen LogP contribution < -0.4 is 4.74 Å². The molecule has 0 spiro atoms. The Kier molecular flexibility index (Phi) is 3.73. The van der Waals surface area contributed by atoms with Gasteiger partial charge in [-0.15, -0.1) is 0 Å². The Bertz CT molecular complexity index is 317. The number of nitrogens with one attached hydrogen (secondary N) is 1. The Labute approximate surface area is 83.5 Å². The van der Waals surface area contributed by atoms with Gasteiger partial charge in [0.25, 0.3) is 0 Å². The Hall–Kier alpha value is -1.77.